The highest BCUT2D eigenvalue weighted by Crippen LogP contribution is 2.19. The molecule has 0 bridgehead atoms. The molecule has 14 heavy (non-hydrogen) atoms. The summed E-state index contributed by atoms with van der Waals surface area (Å²) < 4.78 is 0. The Labute approximate surface area is 87.8 Å². The highest BCUT2D eigenvalue weighted by molar-refractivity contribution is 7.13. The van der Waals surface area contributed by atoms with Gasteiger partial charge in [-0.05, 0) is 13.3 Å². The molecule has 0 aromatic carbocycles. The number of aromatic nitrogens is 1. The normalized spacial score (nSPS) is 10.5. The van der Waals surface area contributed by atoms with Crippen LogP contribution < -0.4 is 0 Å². The quantitative estimate of drug-likeness (QED) is 0.764. The molecule has 0 aliphatic carbocycles. The van der Waals surface area contributed by atoms with E-state index in [1.807, 2.05) is 6.92 Å². The smallest absolute Gasteiger partial charge is 0.191 e. The van der Waals surface area contributed by atoms with Gasteiger partial charge in [0.1, 0.15) is 0 Å². The van der Waals surface area contributed by atoms with Crippen LogP contribution in [0.15, 0.2) is 0 Å². The Kier molecular flexibility index (Phi) is 4.22. The maximum Gasteiger partial charge on any atom is 0.191 e. The topological polar surface area (TPSA) is 50.2 Å². The van der Waals surface area contributed by atoms with E-state index >= 15 is 0 Å². The second-order valence-electron chi connectivity index (χ2n) is 3.21. The number of rotatable bonds is 5. The molecule has 0 saturated heterocycles. The van der Waals surface area contributed by atoms with Gasteiger partial charge >= 0.3 is 0 Å². The summed E-state index contributed by atoms with van der Waals surface area (Å²) in [5.74, 6) is 0.0969. The van der Waals surface area contributed by atoms with Gasteiger partial charge in [0.15, 0.2) is 10.8 Å². The maximum absolute atomic E-state index is 11.6. The van der Waals surface area contributed by atoms with Gasteiger partial charge in [0.05, 0.1) is 17.2 Å². The number of thiazole rings is 1. The summed E-state index contributed by atoms with van der Waals surface area (Å²) in [4.78, 5) is 16.5. The monoisotopic (exact) mass is 213 g/mol. The summed E-state index contributed by atoms with van der Waals surface area (Å²) in [7, 11) is 0. The molecule has 0 radical (unpaired) electrons. The van der Waals surface area contributed by atoms with Crippen LogP contribution in [0.4, 0.5) is 0 Å². The highest BCUT2D eigenvalue weighted by atomic mass is 32.1. The lowest BCUT2D eigenvalue weighted by Crippen LogP contribution is -1.97. The zero-order chi connectivity index (χ0) is 10.6. The van der Waals surface area contributed by atoms with Crippen LogP contribution in [0.25, 0.3) is 0 Å². The minimum Gasteiger partial charge on any atom is -0.391 e. The Balaban J connectivity index is 2.70. The van der Waals surface area contributed by atoms with E-state index < -0.39 is 0 Å². The molecule has 78 valence electrons. The first kappa shape index (κ1) is 11.3. The van der Waals surface area contributed by atoms with Gasteiger partial charge in [0.25, 0.3) is 0 Å². The van der Waals surface area contributed by atoms with Crippen LogP contribution in [0, 0.1) is 6.92 Å². The van der Waals surface area contributed by atoms with E-state index in [2.05, 4.69) is 11.9 Å². The first-order valence-corrected chi connectivity index (χ1v) is 5.61. The molecule has 0 amide bonds. The van der Waals surface area contributed by atoms with Crippen molar-refractivity contribution < 1.29 is 9.90 Å². The summed E-state index contributed by atoms with van der Waals surface area (Å²) in [6.07, 6.45) is 2.49. The van der Waals surface area contributed by atoms with Crippen molar-refractivity contribution in [2.45, 2.75) is 39.7 Å². The van der Waals surface area contributed by atoms with Gasteiger partial charge in [-0.15, -0.1) is 11.3 Å². The second kappa shape index (κ2) is 5.22. The van der Waals surface area contributed by atoms with Crippen molar-refractivity contribution >= 4 is 17.1 Å². The number of carbonyl (C=O) groups is 1. The number of aliphatic hydroxyl groups excluding tert-OH is 1. The van der Waals surface area contributed by atoms with Gasteiger partial charge in [-0.25, -0.2) is 4.98 Å². The van der Waals surface area contributed by atoms with E-state index in [1.54, 1.807) is 0 Å². The summed E-state index contributed by atoms with van der Waals surface area (Å²) in [6, 6.07) is 0. The predicted molar refractivity (Wildman–Crippen MR) is 56.6 cm³/mol. The first-order chi connectivity index (χ1) is 6.69. The molecule has 0 spiro atoms. The van der Waals surface area contributed by atoms with Crippen molar-refractivity contribution in [3.05, 3.63) is 15.6 Å². The number of hydrogen-bond acceptors (Lipinski definition) is 4. The number of hydrogen-bond donors (Lipinski definition) is 1. The van der Waals surface area contributed by atoms with Crippen molar-refractivity contribution in [2.24, 2.45) is 0 Å². The Morgan fingerprint density at radius 1 is 1.57 bits per heavy atom. The minimum atomic E-state index is -0.0233. The third kappa shape index (κ3) is 2.62. The average molecular weight is 213 g/mol. The number of unbranched alkanes of at least 4 members (excludes halogenated alkanes) is 1. The Bertz CT molecular complexity index is 320. The van der Waals surface area contributed by atoms with Crippen LogP contribution in [-0.4, -0.2) is 15.9 Å². The maximum atomic E-state index is 11.6. The van der Waals surface area contributed by atoms with E-state index in [-0.39, 0.29) is 12.4 Å². The summed E-state index contributed by atoms with van der Waals surface area (Å²) in [5.41, 5.74) is 0.775. The second-order valence-corrected chi connectivity index (χ2v) is 4.30. The van der Waals surface area contributed by atoms with E-state index in [9.17, 15) is 4.79 Å². The summed E-state index contributed by atoms with van der Waals surface area (Å²) >= 11 is 1.31. The standard InChI is InChI=1S/C10H15NO2S/c1-3-4-5-8(13)10-11-7(2)9(6-12)14-10/h12H,3-6H2,1-2H3. The lowest BCUT2D eigenvalue weighted by Gasteiger charge is -1.93. The fourth-order valence-corrected chi connectivity index (χ4v) is 2.03. The number of nitrogens with zero attached hydrogens (tertiary/aromatic N) is 1. The number of Topliss-reactive ketones (excluding diaryl/α,β-unsaturated/α-hetero) is 1. The van der Waals surface area contributed by atoms with E-state index in [1.165, 1.54) is 11.3 Å². The Morgan fingerprint density at radius 3 is 2.79 bits per heavy atom. The third-order valence-electron chi connectivity index (χ3n) is 2.03. The number of aliphatic hydroxyl groups is 1. The largest absolute Gasteiger partial charge is 0.391 e. The van der Waals surface area contributed by atoms with Crippen molar-refractivity contribution in [3.8, 4) is 0 Å². The van der Waals surface area contributed by atoms with Crippen LogP contribution in [0.2, 0.25) is 0 Å². The number of aryl methyl sites for hydroxylation is 1. The Hall–Kier alpha value is -0.740. The number of carbonyl (C=O) groups excluding carboxylic acids is 1. The predicted octanol–water partition coefficient (Wildman–Crippen LogP) is 2.32. The summed E-state index contributed by atoms with van der Waals surface area (Å²) in [5, 5.41) is 9.49. The van der Waals surface area contributed by atoms with Gasteiger partial charge < -0.3 is 5.11 Å². The van der Waals surface area contributed by atoms with Crippen LogP contribution in [-0.2, 0) is 6.61 Å². The van der Waals surface area contributed by atoms with Gasteiger partial charge in [-0.3, -0.25) is 4.79 Å². The zero-order valence-corrected chi connectivity index (χ0v) is 9.36. The van der Waals surface area contributed by atoms with E-state index in [4.69, 9.17) is 5.11 Å². The molecule has 1 heterocycles. The van der Waals surface area contributed by atoms with Crippen LogP contribution in [0.5, 0.6) is 0 Å². The lowest BCUT2D eigenvalue weighted by molar-refractivity contribution is 0.0979. The average Bonchev–Trinajstić information content (AvgIpc) is 2.56. The van der Waals surface area contributed by atoms with Crippen LogP contribution >= 0.6 is 11.3 Å². The van der Waals surface area contributed by atoms with Crippen molar-refractivity contribution in [2.75, 3.05) is 0 Å². The van der Waals surface area contributed by atoms with E-state index in [0.717, 1.165) is 23.4 Å². The van der Waals surface area contributed by atoms with Gasteiger partial charge in [0.2, 0.25) is 0 Å². The van der Waals surface area contributed by atoms with Gasteiger partial charge in [0, 0.05) is 6.42 Å². The SMILES string of the molecule is CCCCC(=O)c1nc(C)c(CO)s1. The van der Waals surface area contributed by atoms with Crippen LogP contribution in [0.1, 0.15) is 46.6 Å². The molecule has 4 heteroatoms. The molecular weight excluding hydrogens is 198 g/mol. The first-order valence-electron chi connectivity index (χ1n) is 4.79. The molecule has 0 aliphatic heterocycles. The van der Waals surface area contributed by atoms with Crippen molar-refractivity contribution in [1.82, 2.24) is 4.98 Å². The van der Waals surface area contributed by atoms with Gasteiger partial charge in [-0.1, -0.05) is 13.3 Å². The fraction of sp³-hybridized carbons (Fsp3) is 0.600. The molecule has 1 N–H and O–H groups in total. The molecule has 0 unspecified atom stereocenters. The van der Waals surface area contributed by atoms with Crippen LogP contribution in [0.3, 0.4) is 0 Å². The number of ketones is 1. The Morgan fingerprint density at radius 2 is 2.29 bits per heavy atom. The molecule has 0 fully saturated rings. The molecule has 1 rings (SSSR count). The minimum absolute atomic E-state index is 0.0233. The molecule has 0 atom stereocenters. The molecule has 0 aliphatic rings. The zero-order valence-electron chi connectivity index (χ0n) is 8.54. The highest BCUT2D eigenvalue weighted by Gasteiger charge is 2.12. The van der Waals surface area contributed by atoms with Crippen molar-refractivity contribution in [1.29, 1.82) is 0 Å². The molecule has 1 aromatic heterocycles. The molecular formula is C10H15NO2S. The summed E-state index contributed by atoms with van der Waals surface area (Å²) in [6.45, 7) is 3.85. The lowest BCUT2D eigenvalue weighted by atomic mass is 10.2. The molecule has 0 saturated carbocycles. The molecule has 1 aromatic rings. The van der Waals surface area contributed by atoms with Crippen molar-refractivity contribution in [3.63, 3.8) is 0 Å². The fourth-order valence-electron chi connectivity index (χ4n) is 1.14. The molecule has 3 nitrogen and oxygen atoms in total. The third-order valence-corrected chi connectivity index (χ3v) is 3.22. The van der Waals surface area contributed by atoms with Gasteiger partial charge in [-0.2, -0.15) is 0 Å². The van der Waals surface area contributed by atoms with E-state index in [0.29, 0.717) is 11.4 Å².